The summed E-state index contributed by atoms with van der Waals surface area (Å²) in [6.45, 7) is 2.40. The zero-order chi connectivity index (χ0) is 49.5. The Morgan fingerprint density at radius 3 is 1.35 bits per heavy atom. The van der Waals surface area contributed by atoms with Crippen LogP contribution in [0, 0.1) is 11.6 Å². The van der Waals surface area contributed by atoms with Crippen LogP contribution in [0.15, 0.2) is 168 Å². The Bertz CT molecular complexity index is 2850. The lowest BCUT2D eigenvalue weighted by atomic mass is 9.70. The Kier molecular flexibility index (Phi) is 18.1. The van der Waals surface area contributed by atoms with Crippen LogP contribution in [0.3, 0.4) is 0 Å². The third kappa shape index (κ3) is 14.0. The summed E-state index contributed by atoms with van der Waals surface area (Å²) in [5, 5.41) is 9.36. The topological polar surface area (TPSA) is 160 Å². The number of nitrogens with zero attached hydrogens (tertiary/aromatic N) is 1. The van der Waals surface area contributed by atoms with Crippen molar-refractivity contribution in [2.45, 2.75) is 59.1 Å². The lowest BCUT2D eigenvalue weighted by molar-refractivity contribution is -0.118. The van der Waals surface area contributed by atoms with Gasteiger partial charge in [0.2, 0.25) is 21.8 Å². The molecule has 6 aromatic carbocycles. The summed E-state index contributed by atoms with van der Waals surface area (Å²) in [6, 6.07) is 44.0. The van der Waals surface area contributed by atoms with E-state index in [4.69, 9.17) is 20.2 Å². The molecule has 0 radical (unpaired) electrons. The number of benzene rings is 6. The first-order valence-electron chi connectivity index (χ1n) is 22.2. The summed E-state index contributed by atoms with van der Waals surface area (Å²) in [5.74, 6) is 0.152. The second-order valence-corrected chi connectivity index (χ2v) is 21.1. The van der Waals surface area contributed by atoms with Crippen LogP contribution in [0.25, 0.3) is 0 Å². The lowest BCUT2D eigenvalue weighted by Gasteiger charge is -2.41. The van der Waals surface area contributed by atoms with Crippen molar-refractivity contribution in [1.29, 1.82) is 0 Å². The fourth-order valence-electron chi connectivity index (χ4n) is 8.63. The molecule has 17 heteroatoms. The zero-order valence-corrected chi connectivity index (χ0v) is 40.6. The van der Waals surface area contributed by atoms with Gasteiger partial charge in [-0.1, -0.05) is 84.9 Å². The first-order chi connectivity index (χ1) is 33.1. The van der Waals surface area contributed by atoms with Gasteiger partial charge in [0, 0.05) is 47.4 Å². The first-order valence-corrected chi connectivity index (χ1v) is 26.0. The van der Waals surface area contributed by atoms with Crippen LogP contribution in [-0.4, -0.2) is 73.4 Å². The van der Waals surface area contributed by atoms with Gasteiger partial charge in [0.05, 0.1) is 35.4 Å². The molecule has 0 aliphatic carbocycles. The second-order valence-electron chi connectivity index (χ2n) is 16.6. The van der Waals surface area contributed by atoms with Gasteiger partial charge in [0.15, 0.2) is 0 Å². The van der Waals surface area contributed by atoms with Crippen LogP contribution in [-0.2, 0) is 39.5 Å². The number of sulfonamides is 1. The van der Waals surface area contributed by atoms with E-state index < -0.39 is 36.1 Å². The number of anilines is 2. The molecule has 2 heterocycles. The number of rotatable bonds is 13. The zero-order valence-electron chi connectivity index (χ0n) is 38.2. The van der Waals surface area contributed by atoms with Crippen LogP contribution in [0.2, 0.25) is 0 Å². The summed E-state index contributed by atoms with van der Waals surface area (Å²) in [6.07, 6.45) is 3.59. The van der Waals surface area contributed by atoms with E-state index >= 15 is 0 Å². The van der Waals surface area contributed by atoms with E-state index in [1.807, 2.05) is 72.8 Å². The van der Waals surface area contributed by atoms with Crippen LogP contribution < -0.4 is 25.4 Å². The molecule has 12 nitrogen and oxygen atoms in total. The van der Waals surface area contributed by atoms with Gasteiger partial charge in [-0.25, -0.2) is 25.6 Å². The number of nitrogens with one attached hydrogen (secondary N) is 3. The van der Waals surface area contributed by atoms with Gasteiger partial charge in [-0.15, -0.1) is 0 Å². The molecule has 0 atom stereocenters. The van der Waals surface area contributed by atoms with E-state index in [2.05, 4.69) is 40.2 Å². The first kappa shape index (κ1) is 52.2. The summed E-state index contributed by atoms with van der Waals surface area (Å²) in [7, 11) is 0.663. The largest absolute Gasteiger partial charge is 0.495 e. The number of piperidine rings is 2. The Morgan fingerprint density at radius 1 is 0.565 bits per heavy atom. The fourth-order valence-corrected chi connectivity index (χ4v) is 10.8. The molecule has 0 aromatic heterocycles. The van der Waals surface area contributed by atoms with Crippen molar-refractivity contribution in [3.05, 3.63) is 180 Å². The number of hydrogen-bond acceptors (Lipinski definition) is 9. The average molecular weight is 1000 g/mol. The Labute approximate surface area is 407 Å². The van der Waals surface area contributed by atoms with E-state index in [9.17, 15) is 35.2 Å². The summed E-state index contributed by atoms with van der Waals surface area (Å²) in [5.41, 5.74) is 2.96. The molecule has 2 fully saturated rings. The molecule has 69 heavy (non-hydrogen) atoms. The van der Waals surface area contributed by atoms with Gasteiger partial charge in [-0.05, 0) is 123 Å². The molecule has 2 amide bonds. The maximum absolute atomic E-state index is 13.3. The van der Waals surface area contributed by atoms with E-state index in [1.165, 1.54) is 22.0 Å². The minimum atomic E-state index is -3.75. The van der Waals surface area contributed by atoms with Crippen LogP contribution in [0.4, 0.5) is 20.2 Å². The predicted molar refractivity (Wildman–Crippen MR) is 265 cm³/mol. The Balaban J connectivity index is 0.000000193. The normalized spacial score (nSPS) is 15.4. The van der Waals surface area contributed by atoms with Gasteiger partial charge >= 0.3 is 0 Å². The molecule has 364 valence electrons. The Hall–Kier alpha value is -6.17. The van der Waals surface area contributed by atoms with Crippen molar-refractivity contribution in [3.8, 4) is 11.5 Å². The maximum Gasteiger partial charge on any atom is 0.261 e. The fraction of sp³-hybridized carbons (Fsp3) is 0.269. The number of ether oxygens (including phenoxy) is 2. The van der Waals surface area contributed by atoms with Crippen molar-refractivity contribution in [2.24, 2.45) is 0 Å². The molecular formula is C52H55ClF2N4O8S2. The number of carbonyl (C=O) groups is 2. The van der Waals surface area contributed by atoms with Crippen LogP contribution in [0.5, 0.6) is 11.5 Å². The molecule has 0 bridgehead atoms. The third-order valence-corrected chi connectivity index (χ3v) is 15.6. The molecule has 8 rings (SSSR count). The van der Waals surface area contributed by atoms with Crippen molar-refractivity contribution >= 4 is 52.9 Å². The number of amides is 2. The second kappa shape index (κ2) is 23.9. The van der Waals surface area contributed by atoms with Crippen molar-refractivity contribution in [1.82, 2.24) is 9.62 Å². The molecule has 2 aliphatic rings. The van der Waals surface area contributed by atoms with Gasteiger partial charge < -0.3 is 25.4 Å². The standard InChI is InChI=1S/C26H27FN2O4S.C20H24N2O2.C6H4ClFO2S/c1-33-24-10-6-5-9-23(24)28-25(30)19-26(20-7-3-2-4-8-20)15-17-29(18-16-26)34(31,32)22-13-11-21(27)12-14-22;1-24-18-10-6-5-9-17(18)22-19(23)15-20(11-13-21-14-12-20)16-7-3-2-4-8-16;7-11(9,10)6-3-1-5(8)2-4-6/h2-14H,15-19H2,1H3,(H,28,30);2-10,21H,11-15H2,1H3,(H,22,23);1-4H. The minimum Gasteiger partial charge on any atom is -0.495 e. The van der Waals surface area contributed by atoms with E-state index in [0.29, 0.717) is 36.4 Å². The van der Waals surface area contributed by atoms with Crippen molar-refractivity contribution in [3.63, 3.8) is 0 Å². The van der Waals surface area contributed by atoms with Gasteiger partial charge in [0.1, 0.15) is 23.1 Å². The van der Waals surface area contributed by atoms with Gasteiger partial charge in [0.25, 0.3) is 9.05 Å². The highest BCUT2D eigenvalue weighted by molar-refractivity contribution is 8.13. The molecule has 2 aliphatic heterocycles. The molecule has 2 saturated heterocycles. The van der Waals surface area contributed by atoms with E-state index in [0.717, 1.165) is 73.6 Å². The van der Waals surface area contributed by atoms with Crippen molar-refractivity contribution in [2.75, 3.05) is 51.0 Å². The summed E-state index contributed by atoms with van der Waals surface area (Å²) < 4.78 is 84.9. The molecule has 0 unspecified atom stereocenters. The maximum atomic E-state index is 13.3. The van der Waals surface area contributed by atoms with Crippen LogP contribution >= 0.6 is 10.7 Å². The molecule has 0 saturated carbocycles. The average Bonchev–Trinajstić information content (AvgIpc) is 3.35. The van der Waals surface area contributed by atoms with Gasteiger partial charge in [-0.3, -0.25) is 9.59 Å². The number of methoxy groups -OCH3 is 2. The highest BCUT2D eigenvalue weighted by Crippen LogP contribution is 2.41. The summed E-state index contributed by atoms with van der Waals surface area (Å²) >= 11 is 0. The van der Waals surface area contributed by atoms with Gasteiger partial charge in [-0.2, -0.15) is 4.31 Å². The number of carbonyl (C=O) groups excluding carboxylic acids is 2. The van der Waals surface area contributed by atoms with Crippen LogP contribution in [0.1, 0.15) is 49.7 Å². The minimum absolute atomic E-state index is 0.0326. The number of hydrogen-bond donors (Lipinski definition) is 3. The third-order valence-electron chi connectivity index (χ3n) is 12.3. The quantitative estimate of drug-likeness (QED) is 0.0958. The highest BCUT2D eigenvalue weighted by atomic mass is 35.7. The number of para-hydroxylation sites is 4. The van der Waals surface area contributed by atoms with E-state index in [1.54, 1.807) is 26.4 Å². The molecular weight excluding hydrogens is 946 g/mol. The summed E-state index contributed by atoms with van der Waals surface area (Å²) in [4.78, 5) is 25.8. The van der Waals surface area contributed by atoms with Crippen molar-refractivity contribution < 1.29 is 44.7 Å². The molecule has 6 aromatic rings. The predicted octanol–water partition coefficient (Wildman–Crippen LogP) is 9.68. The highest BCUT2D eigenvalue weighted by Gasteiger charge is 2.41. The smallest absolute Gasteiger partial charge is 0.261 e. The molecule has 3 N–H and O–H groups in total. The number of halogens is 3. The SMILES string of the molecule is COc1ccccc1NC(=O)CC1(c2ccccc2)CCN(S(=O)(=O)c2ccc(F)cc2)CC1.COc1ccccc1NC(=O)CC1(c2ccccc2)CCNCC1.O=S(=O)(Cl)c1ccc(F)cc1. The molecule has 0 spiro atoms. The van der Waals surface area contributed by atoms with E-state index in [-0.39, 0.29) is 46.5 Å². The lowest BCUT2D eigenvalue weighted by Crippen LogP contribution is -2.46. The Morgan fingerprint density at radius 2 is 0.942 bits per heavy atom. The monoisotopic (exact) mass is 1000 g/mol.